The summed E-state index contributed by atoms with van der Waals surface area (Å²) in [4.78, 5) is 1.35. The van der Waals surface area contributed by atoms with Crippen LogP contribution < -0.4 is 10.1 Å². The van der Waals surface area contributed by atoms with Gasteiger partial charge in [-0.05, 0) is 44.2 Å². The molecule has 0 spiro atoms. The summed E-state index contributed by atoms with van der Waals surface area (Å²) in [5.41, 5.74) is 2.49. The van der Waals surface area contributed by atoms with Gasteiger partial charge < -0.3 is 10.1 Å². The minimum absolute atomic E-state index is 0.977. The van der Waals surface area contributed by atoms with Crippen molar-refractivity contribution in [3.05, 3.63) is 23.3 Å². The van der Waals surface area contributed by atoms with E-state index in [4.69, 9.17) is 4.74 Å². The van der Waals surface area contributed by atoms with Gasteiger partial charge in [0.15, 0.2) is 0 Å². The van der Waals surface area contributed by atoms with Gasteiger partial charge in [-0.15, -0.1) is 11.8 Å². The van der Waals surface area contributed by atoms with Crippen molar-refractivity contribution < 1.29 is 4.74 Å². The van der Waals surface area contributed by atoms with Gasteiger partial charge in [-0.3, -0.25) is 0 Å². The lowest BCUT2D eigenvalue weighted by atomic mass is 10.1. The van der Waals surface area contributed by atoms with Crippen LogP contribution in [-0.4, -0.2) is 26.5 Å². The first-order valence-corrected chi connectivity index (χ1v) is 6.10. The molecule has 0 aliphatic rings. The quantitative estimate of drug-likeness (QED) is 0.615. The van der Waals surface area contributed by atoms with Crippen LogP contribution in [0.3, 0.4) is 0 Å². The highest BCUT2D eigenvalue weighted by Gasteiger charge is 2.04. The van der Waals surface area contributed by atoms with Crippen molar-refractivity contribution in [2.75, 3.05) is 26.5 Å². The number of aryl methyl sites for hydroxylation is 2. The highest BCUT2D eigenvalue weighted by Crippen LogP contribution is 2.29. The van der Waals surface area contributed by atoms with E-state index in [-0.39, 0.29) is 0 Å². The zero-order valence-corrected chi connectivity index (χ0v) is 10.7. The van der Waals surface area contributed by atoms with E-state index in [0.29, 0.717) is 0 Å². The largest absolute Gasteiger partial charge is 0.496 e. The van der Waals surface area contributed by atoms with E-state index in [0.717, 1.165) is 18.0 Å². The van der Waals surface area contributed by atoms with Crippen LogP contribution in [0.25, 0.3) is 0 Å². The molecule has 2 nitrogen and oxygen atoms in total. The Kier molecular flexibility index (Phi) is 4.99. The van der Waals surface area contributed by atoms with Crippen molar-refractivity contribution in [1.29, 1.82) is 0 Å². The van der Waals surface area contributed by atoms with E-state index < -0.39 is 0 Å². The molecule has 15 heavy (non-hydrogen) atoms. The molecule has 0 fully saturated rings. The van der Waals surface area contributed by atoms with E-state index in [1.807, 2.05) is 18.8 Å². The molecule has 0 aliphatic heterocycles. The summed E-state index contributed by atoms with van der Waals surface area (Å²) in [7, 11) is 3.70. The third kappa shape index (κ3) is 3.43. The molecule has 0 saturated carbocycles. The minimum Gasteiger partial charge on any atom is -0.496 e. The number of ether oxygens (including phenoxy) is 1. The van der Waals surface area contributed by atoms with E-state index in [9.17, 15) is 0 Å². The second-order valence-electron chi connectivity index (χ2n) is 3.54. The minimum atomic E-state index is 0.977. The molecule has 0 amide bonds. The topological polar surface area (TPSA) is 21.3 Å². The summed E-state index contributed by atoms with van der Waals surface area (Å²) in [5.74, 6) is 2.08. The fraction of sp³-hybridized carbons (Fsp3) is 0.500. The number of nitrogens with one attached hydrogen (secondary N) is 1. The van der Waals surface area contributed by atoms with E-state index in [1.165, 1.54) is 16.0 Å². The summed E-state index contributed by atoms with van der Waals surface area (Å²) in [6.45, 7) is 5.25. The zero-order chi connectivity index (χ0) is 11.3. The highest BCUT2D eigenvalue weighted by molar-refractivity contribution is 7.99. The Morgan fingerprint density at radius 2 is 2.00 bits per heavy atom. The van der Waals surface area contributed by atoms with Crippen LogP contribution in [0.2, 0.25) is 0 Å². The molecule has 1 rings (SSSR count). The van der Waals surface area contributed by atoms with Gasteiger partial charge in [0.2, 0.25) is 0 Å². The number of benzene rings is 1. The van der Waals surface area contributed by atoms with Crippen LogP contribution >= 0.6 is 11.8 Å². The molecule has 0 aliphatic carbocycles. The van der Waals surface area contributed by atoms with Crippen LogP contribution in [0.4, 0.5) is 0 Å². The van der Waals surface area contributed by atoms with Gasteiger partial charge in [0.1, 0.15) is 5.75 Å². The maximum atomic E-state index is 5.28. The van der Waals surface area contributed by atoms with Crippen LogP contribution in [0, 0.1) is 13.8 Å². The molecule has 84 valence electrons. The molecule has 1 N–H and O–H groups in total. The summed E-state index contributed by atoms with van der Waals surface area (Å²) in [6.07, 6.45) is 0. The Bertz CT molecular complexity index is 326. The third-order valence-corrected chi connectivity index (χ3v) is 3.46. The van der Waals surface area contributed by atoms with Crippen molar-refractivity contribution in [2.45, 2.75) is 18.7 Å². The molecule has 0 heterocycles. The number of thioether (sulfide) groups is 1. The fourth-order valence-electron chi connectivity index (χ4n) is 1.40. The van der Waals surface area contributed by atoms with Gasteiger partial charge in [-0.25, -0.2) is 0 Å². The van der Waals surface area contributed by atoms with Crippen molar-refractivity contribution >= 4 is 11.8 Å². The maximum Gasteiger partial charge on any atom is 0.122 e. The molecule has 3 heteroatoms. The number of methoxy groups -OCH3 is 1. The van der Waals surface area contributed by atoms with Gasteiger partial charge in [0.05, 0.1) is 7.11 Å². The Hall–Kier alpha value is -0.670. The van der Waals surface area contributed by atoms with E-state index in [1.54, 1.807) is 7.11 Å². The molecular formula is C12H19NOS. The standard InChI is InChI=1S/C12H19NOS/c1-9-8-12(15-6-5-13-3)10(2)7-11(9)14-4/h7-8,13H,5-6H2,1-4H3. The molecular weight excluding hydrogens is 206 g/mol. The monoisotopic (exact) mass is 225 g/mol. The van der Waals surface area contributed by atoms with Crippen molar-refractivity contribution in [3.8, 4) is 5.75 Å². The molecule has 0 atom stereocenters. The molecule has 0 saturated heterocycles. The van der Waals surface area contributed by atoms with Crippen LogP contribution in [0.15, 0.2) is 17.0 Å². The zero-order valence-electron chi connectivity index (χ0n) is 9.89. The molecule has 0 radical (unpaired) electrons. The average molecular weight is 225 g/mol. The number of hydrogen-bond donors (Lipinski definition) is 1. The molecule has 0 aromatic heterocycles. The first-order chi connectivity index (χ1) is 7.19. The van der Waals surface area contributed by atoms with E-state index in [2.05, 4.69) is 31.3 Å². The average Bonchev–Trinajstić information content (AvgIpc) is 2.23. The molecule has 1 aromatic carbocycles. The Morgan fingerprint density at radius 3 is 2.60 bits per heavy atom. The molecule has 1 aromatic rings. The van der Waals surface area contributed by atoms with Gasteiger partial charge in [-0.1, -0.05) is 0 Å². The van der Waals surface area contributed by atoms with E-state index >= 15 is 0 Å². The summed E-state index contributed by atoms with van der Waals surface area (Å²) in [5, 5.41) is 3.15. The second kappa shape index (κ2) is 6.03. The first-order valence-electron chi connectivity index (χ1n) is 5.11. The maximum absolute atomic E-state index is 5.28. The first kappa shape index (κ1) is 12.4. The summed E-state index contributed by atoms with van der Waals surface area (Å²) in [6, 6.07) is 4.31. The number of hydrogen-bond acceptors (Lipinski definition) is 3. The lowest BCUT2D eigenvalue weighted by Crippen LogP contribution is -2.09. The smallest absolute Gasteiger partial charge is 0.122 e. The van der Waals surface area contributed by atoms with Gasteiger partial charge in [0, 0.05) is 17.2 Å². The SMILES string of the molecule is CNCCSc1cc(C)c(OC)cc1C. The van der Waals surface area contributed by atoms with Gasteiger partial charge >= 0.3 is 0 Å². The summed E-state index contributed by atoms with van der Waals surface area (Å²) >= 11 is 1.89. The second-order valence-corrected chi connectivity index (χ2v) is 4.68. The Morgan fingerprint density at radius 1 is 1.27 bits per heavy atom. The van der Waals surface area contributed by atoms with Crippen LogP contribution in [0.5, 0.6) is 5.75 Å². The predicted octanol–water partition coefficient (Wildman–Crippen LogP) is 2.62. The molecule has 0 bridgehead atoms. The van der Waals surface area contributed by atoms with Gasteiger partial charge in [-0.2, -0.15) is 0 Å². The molecule has 0 unspecified atom stereocenters. The Labute approximate surface area is 96.4 Å². The van der Waals surface area contributed by atoms with Gasteiger partial charge in [0.25, 0.3) is 0 Å². The number of rotatable bonds is 5. The normalized spacial score (nSPS) is 10.4. The van der Waals surface area contributed by atoms with Crippen LogP contribution in [0.1, 0.15) is 11.1 Å². The van der Waals surface area contributed by atoms with Crippen molar-refractivity contribution in [2.24, 2.45) is 0 Å². The lowest BCUT2D eigenvalue weighted by molar-refractivity contribution is 0.411. The lowest BCUT2D eigenvalue weighted by Gasteiger charge is -2.10. The van der Waals surface area contributed by atoms with Crippen molar-refractivity contribution in [3.63, 3.8) is 0 Å². The Balaban J connectivity index is 2.76. The summed E-state index contributed by atoms with van der Waals surface area (Å²) < 4.78 is 5.28. The van der Waals surface area contributed by atoms with Crippen molar-refractivity contribution in [1.82, 2.24) is 5.32 Å². The highest BCUT2D eigenvalue weighted by atomic mass is 32.2. The van der Waals surface area contributed by atoms with Crippen LogP contribution in [-0.2, 0) is 0 Å². The third-order valence-electron chi connectivity index (χ3n) is 2.30. The predicted molar refractivity (Wildman–Crippen MR) is 67.1 cm³/mol. The fourth-order valence-corrected chi connectivity index (χ4v) is 2.47.